The van der Waals surface area contributed by atoms with E-state index in [1.165, 1.54) is 0 Å². The first-order chi connectivity index (χ1) is 10.0. The van der Waals surface area contributed by atoms with Crippen LogP contribution in [0.3, 0.4) is 0 Å². The number of carbonyl (C=O) groups is 1. The van der Waals surface area contributed by atoms with E-state index in [9.17, 15) is 4.79 Å². The summed E-state index contributed by atoms with van der Waals surface area (Å²) in [5.74, 6) is -0.0173. The number of aromatic nitrogens is 2. The summed E-state index contributed by atoms with van der Waals surface area (Å²) in [5.41, 5.74) is 2.53. The van der Waals surface area contributed by atoms with Crippen molar-refractivity contribution in [1.29, 1.82) is 0 Å². The number of benzene rings is 1. The molecule has 0 spiro atoms. The van der Waals surface area contributed by atoms with Crippen LogP contribution in [0.4, 0.5) is 5.69 Å². The minimum Gasteiger partial charge on any atom is -0.465 e. The molecule has 0 saturated heterocycles. The summed E-state index contributed by atoms with van der Waals surface area (Å²) in [4.78, 5) is 18.5. The number of fused-ring (bicyclic) bond motifs is 3. The fourth-order valence-corrected chi connectivity index (χ4v) is 2.84. The monoisotopic (exact) mass is 305 g/mol. The van der Waals surface area contributed by atoms with Gasteiger partial charge in [-0.2, -0.15) is 0 Å². The molecule has 110 valence electrons. The Bertz CT molecular complexity index is 711. The maximum atomic E-state index is 12.6. The molecule has 1 aromatic carbocycles. The van der Waals surface area contributed by atoms with Gasteiger partial charge in [0.2, 0.25) is 5.91 Å². The SMILES string of the molecule is CCOc1ncc2n1C(C)C(=O)N(C)c1ccc(Cl)cc1-2. The molecule has 0 bridgehead atoms. The second-order valence-corrected chi connectivity index (χ2v) is 5.40. The molecule has 6 heteroatoms. The zero-order chi connectivity index (χ0) is 15.1. The Morgan fingerprint density at radius 3 is 2.90 bits per heavy atom. The van der Waals surface area contributed by atoms with E-state index in [0.29, 0.717) is 17.6 Å². The third-order valence-electron chi connectivity index (χ3n) is 3.71. The predicted molar refractivity (Wildman–Crippen MR) is 82.0 cm³/mol. The van der Waals surface area contributed by atoms with Crippen molar-refractivity contribution in [3.05, 3.63) is 29.4 Å². The molecule has 1 aromatic heterocycles. The van der Waals surface area contributed by atoms with Gasteiger partial charge in [-0.3, -0.25) is 9.36 Å². The largest absolute Gasteiger partial charge is 0.465 e. The number of amides is 1. The Kier molecular flexibility index (Phi) is 3.37. The molecule has 1 amide bonds. The summed E-state index contributed by atoms with van der Waals surface area (Å²) in [6.45, 7) is 4.23. The lowest BCUT2D eigenvalue weighted by atomic mass is 10.1. The van der Waals surface area contributed by atoms with Crippen molar-refractivity contribution in [3.63, 3.8) is 0 Å². The standard InChI is InChI=1S/C15H16ClN3O2/c1-4-21-15-17-8-13-11-7-10(16)5-6-12(11)18(3)14(20)9(2)19(13)15/h5-9H,4H2,1-3H3. The third kappa shape index (κ3) is 2.08. The number of nitrogens with zero attached hydrogens (tertiary/aromatic N) is 3. The first-order valence-corrected chi connectivity index (χ1v) is 7.20. The van der Waals surface area contributed by atoms with Crippen LogP contribution in [0.5, 0.6) is 6.01 Å². The van der Waals surface area contributed by atoms with E-state index in [1.807, 2.05) is 30.5 Å². The van der Waals surface area contributed by atoms with Gasteiger partial charge in [0.05, 0.1) is 24.2 Å². The molecule has 1 aliphatic rings. The van der Waals surface area contributed by atoms with Crippen molar-refractivity contribution < 1.29 is 9.53 Å². The summed E-state index contributed by atoms with van der Waals surface area (Å²) in [7, 11) is 1.77. The molecule has 0 aliphatic carbocycles. The summed E-state index contributed by atoms with van der Waals surface area (Å²) < 4.78 is 7.37. The molecule has 0 radical (unpaired) electrons. The molecule has 0 saturated carbocycles. The maximum Gasteiger partial charge on any atom is 0.297 e. The van der Waals surface area contributed by atoms with Gasteiger partial charge in [-0.1, -0.05) is 11.6 Å². The fourth-order valence-electron chi connectivity index (χ4n) is 2.67. The van der Waals surface area contributed by atoms with Gasteiger partial charge in [0.1, 0.15) is 6.04 Å². The second-order valence-electron chi connectivity index (χ2n) is 4.96. The van der Waals surface area contributed by atoms with Crippen LogP contribution >= 0.6 is 11.6 Å². The number of imidazole rings is 1. The Morgan fingerprint density at radius 2 is 2.19 bits per heavy atom. The zero-order valence-electron chi connectivity index (χ0n) is 12.1. The van der Waals surface area contributed by atoms with Crippen LogP contribution in [0.1, 0.15) is 19.9 Å². The van der Waals surface area contributed by atoms with Crippen LogP contribution in [0.2, 0.25) is 5.02 Å². The first kappa shape index (κ1) is 13.9. The number of ether oxygens (including phenoxy) is 1. The fraction of sp³-hybridized carbons (Fsp3) is 0.333. The molecule has 2 aromatic rings. The van der Waals surface area contributed by atoms with Crippen LogP contribution in [0, 0.1) is 0 Å². The zero-order valence-corrected chi connectivity index (χ0v) is 12.9. The van der Waals surface area contributed by atoms with Crippen molar-refractivity contribution in [2.24, 2.45) is 0 Å². The second kappa shape index (κ2) is 5.07. The number of hydrogen-bond acceptors (Lipinski definition) is 3. The van der Waals surface area contributed by atoms with Crippen molar-refractivity contribution >= 4 is 23.2 Å². The molecular formula is C15H16ClN3O2. The number of rotatable bonds is 2. The average molecular weight is 306 g/mol. The predicted octanol–water partition coefficient (Wildman–Crippen LogP) is 3.14. The molecule has 0 fully saturated rings. The number of anilines is 1. The van der Waals surface area contributed by atoms with E-state index in [4.69, 9.17) is 16.3 Å². The molecule has 0 N–H and O–H groups in total. The van der Waals surface area contributed by atoms with E-state index in [-0.39, 0.29) is 11.9 Å². The molecule has 1 atom stereocenters. The minimum absolute atomic E-state index is 0.0173. The van der Waals surface area contributed by atoms with Gasteiger partial charge in [-0.15, -0.1) is 0 Å². The van der Waals surface area contributed by atoms with Gasteiger partial charge >= 0.3 is 0 Å². The highest BCUT2D eigenvalue weighted by atomic mass is 35.5. The Morgan fingerprint density at radius 1 is 1.43 bits per heavy atom. The number of hydrogen-bond donors (Lipinski definition) is 0. The van der Waals surface area contributed by atoms with Gasteiger partial charge in [-0.05, 0) is 32.0 Å². The van der Waals surface area contributed by atoms with Gasteiger partial charge in [-0.25, -0.2) is 4.98 Å². The molecule has 3 rings (SSSR count). The highest BCUT2D eigenvalue weighted by Gasteiger charge is 2.31. The number of carbonyl (C=O) groups excluding carboxylic acids is 1. The normalized spacial score (nSPS) is 17.2. The van der Waals surface area contributed by atoms with E-state index in [1.54, 1.807) is 24.2 Å². The van der Waals surface area contributed by atoms with Crippen LogP contribution in [0.25, 0.3) is 11.3 Å². The number of likely N-dealkylation sites (N-methyl/N-ethyl adjacent to an activating group) is 1. The Balaban J connectivity index is 2.30. The topological polar surface area (TPSA) is 47.4 Å². The molecule has 1 unspecified atom stereocenters. The smallest absolute Gasteiger partial charge is 0.297 e. The summed E-state index contributed by atoms with van der Waals surface area (Å²) >= 11 is 6.12. The highest BCUT2D eigenvalue weighted by Crippen LogP contribution is 2.40. The quantitative estimate of drug-likeness (QED) is 0.856. The molecule has 5 nitrogen and oxygen atoms in total. The van der Waals surface area contributed by atoms with E-state index < -0.39 is 0 Å². The summed E-state index contributed by atoms with van der Waals surface area (Å²) in [6, 6.07) is 5.55. The van der Waals surface area contributed by atoms with E-state index in [2.05, 4.69) is 4.98 Å². The van der Waals surface area contributed by atoms with Crippen LogP contribution < -0.4 is 9.64 Å². The first-order valence-electron chi connectivity index (χ1n) is 6.82. The molecular weight excluding hydrogens is 290 g/mol. The molecule has 1 aliphatic heterocycles. The van der Waals surface area contributed by atoms with Gasteiger partial charge < -0.3 is 9.64 Å². The van der Waals surface area contributed by atoms with Crippen molar-refractivity contribution in [2.75, 3.05) is 18.6 Å². The lowest BCUT2D eigenvalue weighted by Gasteiger charge is -2.20. The van der Waals surface area contributed by atoms with Gasteiger partial charge in [0.15, 0.2) is 0 Å². The molecule has 2 heterocycles. The Hall–Kier alpha value is -2.01. The maximum absolute atomic E-state index is 12.6. The summed E-state index contributed by atoms with van der Waals surface area (Å²) in [6.07, 6.45) is 1.73. The lowest BCUT2D eigenvalue weighted by Crippen LogP contribution is -2.31. The van der Waals surface area contributed by atoms with Crippen LogP contribution in [-0.2, 0) is 4.79 Å². The molecule has 21 heavy (non-hydrogen) atoms. The lowest BCUT2D eigenvalue weighted by molar-refractivity contribution is -0.121. The summed E-state index contributed by atoms with van der Waals surface area (Å²) in [5, 5.41) is 0.620. The number of halogens is 1. The van der Waals surface area contributed by atoms with Crippen molar-refractivity contribution in [2.45, 2.75) is 19.9 Å². The highest BCUT2D eigenvalue weighted by molar-refractivity contribution is 6.31. The van der Waals surface area contributed by atoms with E-state index >= 15 is 0 Å². The third-order valence-corrected chi connectivity index (χ3v) is 3.94. The van der Waals surface area contributed by atoms with Crippen molar-refractivity contribution in [3.8, 4) is 17.3 Å². The average Bonchev–Trinajstić information content (AvgIpc) is 2.86. The van der Waals surface area contributed by atoms with Crippen LogP contribution in [0.15, 0.2) is 24.4 Å². The van der Waals surface area contributed by atoms with Gasteiger partial charge in [0.25, 0.3) is 6.01 Å². The minimum atomic E-state index is -0.389. The Labute approximate surface area is 128 Å². The van der Waals surface area contributed by atoms with Crippen molar-refractivity contribution in [1.82, 2.24) is 9.55 Å². The van der Waals surface area contributed by atoms with Gasteiger partial charge in [0, 0.05) is 17.6 Å². The van der Waals surface area contributed by atoms with Crippen LogP contribution in [-0.4, -0.2) is 29.1 Å². The van der Waals surface area contributed by atoms with E-state index in [0.717, 1.165) is 16.9 Å².